The Balaban J connectivity index is 2.67. The summed E-state index contributed by atoms with van der Waals surface area (Å²) in [5, 5.41) is 3.77. The van der Waals surface area contributed by atoms with Gasteiger partial charge in [0, 0.05) is 11.1 Å². The van der Waals surface area contributed by atoms with E-state index in [0.29, 0.717) is 18.1 Å². The summed E-state index contributed by atoms with van der Waals surface area (Å²) in [4.78, 5) is 11.4. The van der Waals surface area contributed by atoms with Crippen LogP contribution in [-0.4, -0.2) is 19.6 Å². The molecule has 1 rings (SSSR count). The van der Waals surface area contributed by atoms with Crippen LogP contribution in [0.1, 0.15) is 24.9 Å². The average Bonchev–Trinajstić information content (AvgIpc) is 2.27. The van der Waals surface area contributed by atoms with Crippen molar-refractivity contribution < 1.29 is 9.53 Å². The van der Waals surface area contributed by atoms with Gasteiger partial charge in [-0.25, -0.2) is 0 Å². The minimum Gasteiger partial charge on any atom is -0.466 e. The van der Waals surface area contributed by atoms with Crippen molar-refractivity contribution >= 4 is 17.6 Å². The van der Waals surface area contributed by atoms with E-state index in [9.17, 15) is 4.79 Å². The molecule has 3 nitrogen and oxygen atoms in total. The van der Waals surface area contributed by atoms with Crippen LogP contribution < -0.4 is 5.32 Å². The highest BCUT2D eigenvalue weighted by Gasteiger charge is 2.14. The standard InChI is InChI=1S/C12H16ClNO2/c1-3-16-12(15)8-11(14-2)9-4-6-10(13)7-5-9/h4-7,11,14H,3,8H2,1-2H3. The van der Waals surface area contributed by atoms with E-state index in [0.717, 1.165) is 5.56 Å². The third-order valence-electron chi connectivity index (χ3n) is 2.30. The predicted molar refractivity (Wildman–Crippen MR) is 64.5 cm³/mol. The summed E-state index contributed by atoms with van der Waals surface area (Å²) in [6.45, 7) is 2.21. The molecule has 0 saturated carbocycles. The maximum atomic E-state index is 11.4. The third-order valence-corrected chi connectivity index (χ3v) is 2.55. The Hall–Kier alpha value is -1.06. The summed E-state index contributed by atoms with van der Waals surface area (Å²) < 4.78 is 4.91. The molecular weight excluding hydrogens is 226 g/mol. The number of nitrogens with one attached hydrogen (secondary N) is 1. The molecule has 0 spiro atoms. The number of hydrogen-bond acceptors (Lipinski definition) is 3. The van der Waals surface area contributed by atoms with Gasteiger partial charge in [-0.15, -0.1) is 0 Å². The molecule has 0 fully saturated rings. The van der Waals surface area contributed by atoms with Crippen LogP contribution in [0.3, 0.4) is 0 Å². The molecule has 1 atom stereocenters. The van der Waals surface area contributed by atoms with E-state index in [1.807, 2.05) is 31.3 Å². The van der Waals surface area contributed by atoms with Gasteiger partial charge in [0.2, 0.25) is 0 Å². The Morgan fingerprint density at radius 3 is 2.56 bits per heavy atom. The van der Waals surface area contributed by atoms with Crippen molar-refractivity contribution in [3.63, 3.8) is 0 Å². The Bertz CT molecular complexity index is 337. The Labute approximate surface area is 101 Å². The van der Waals surface area contributed by atoms with E-state index in [-0.39, 0.29) is 12.0 Å². The Kier molecular flexibility index (Phi) is 5.29. The molecule has 16 heavy (non-hydrogen) atoms. The normalized spacial score (nSPS) is 12.2. The van der Waals surface area contributed by atoms with Crippen molar-refractivity contribution in [1.29, 1.82) is 0 Å². The topological polar surface area (TPSA) is 38.3 Å². The second-order valence-corrected chi connectivity index (χ2v) is 3.84. The van der Waals surface area contributed by atoms with Crippen LogP contribution >= 0.6 is 11.6 Å². The summed E-state index contributed by atoms with van der Waals surface area (Å²) in [5.74, 6) is -0.197. The fourth-order valence-corrected chi connectivity index (χ4v) is 1.59. The van der Waals surface area contributed by atoms with Crippen LogP contribution in [0.15, 0.2) is 24.3 Å². The van der Waals surface area contributed by atoms with Gasteiger partial charge < -0.3 is 10.1 Å². The van der Waals surface area contributed by atoms with E-state index < -0.39 is 0 Å². The molecule has 4 heteroatoms. The van der Waals surface area contributed by atoms with Crippen molar-refractivity contribution in [2.75, 3.05) is 13.7 Å². The maximum absolute atomic E-state index is 11.4. The first-order valence-corrected chi connectivity index (χ1v) is 5.63. The number of ether oxygens (including phenoxy) is 1. The van der Waals surface area contributed by atoms with E-state index in [2.05, 4.69) is 5.32 Å². The fraction of sp³-hybridized carbons (Fsp3) is 0.417. The van der Waals surface area contributed by atoms with Crippen molar-refractivity contribution in [2.45, 2.75) is 19.4 Å². The number of benzene rings is 1. The zero-order valence-electron chi connectivity index (χ0n) is 9.50. The monoisotopic (exact) mass is 241 g/mol. The Morgan fingerprint density at radius 2 is 2.06 bits per heavy atom. The first-order valence-electron chi connectivity index (χ1n) is 5.25. The van der Waals surface area contributed by atoms with Crippen LogP contribution in [0.25, 0.3) is 0 Å². The smallest absolute Gasteiger partial charge is 0.307 e. The largest absolute Gasteiger partial charge is 0.466 e. The van der Waals surface area contributed by atoms with Crippen LogP contribution in [0, 0.1) is 0 Å². The molecule has 1 aromatic carbocycles. The molecule has 0 aliphatic carbocycles. The van der Waals surface area contributed by atoms with E-state index in [4.69, 9.17) is 16.3 Å². The van der Waals surface area contributed by atoms with Crippen molar-refractivity contribution in [3.05, 3.63) is 34.9 Å². The lowest BCUT2D eigenvalue weighted by Crippen LogP contribution is -2.21. The van der Waals surface area contributed by atoms with Gasteiger partial charge in [-0.1, -0.05) is 23.7 Å². The average molecular weight is 242 g/mol. The van der Waals surface area contributed by atoms with E-state index in [1.54, 1.807) is 6.92 Å². The molecular formula is C12H16ClNO2. The van der Waals surface area contributed by atoms with Gasteiger partial charge in [0.05, 0.1) is 13.0 Å². The van der Waals surface area contributed by atoms with Crippen LogP contribution in [-0.2, 0) is 9.53 Å². The number of hydrogen-bond donors (Lipinski definition) is 1. The van der Waals surface area contributed by atoms with Gasteiger partial charge in [0.15, 0.2) is 0 Å². The predicted octanol–water partition coefficient (Wildman–Crippen LogP) is 2.55. The highest BCUT2D eigenvalue weighted by atomic mass is 35.5. The van der Waals surface area contributed by atoms with Crippen molar-refractivity contribution in [3.8, 4) is 0 Å². The summed E-state index contributed by atoms with van der Waals surface area (Å²) in [6.07, 6.45) is 0.325. The van der Waals surface area contributed by atoms with Crippen LogP contribution in [0.2, 0.25) is 5.02 Å². The summed E-state index contributed by atoms with van der Waals surface area (Å²) >= 11 is 5.80. The lowest BCUT2D eigenvalue weighted by molar-refractivity contribution is -0.143. The fourth-order valence-electron chi connectivity index (χ4n) is 1.47. The number of carbonyl (C=O) groups excluding carboxylic acids is 1. The summed E-state index contributed by atoms with van der Waals surface area (Å²) in [5.41, 5.74) is 1.03. The molecule has 1 unspecified atom stereocenters. The number of esters is 1. The van der Waals surface area contributed by atoms with Crippen LogP contribution in [0.5, 0.6) is 0 Å². The number of halogens is 1. The molecule has 0 heterocycles. The van der Waals surface area contributed by atoms with Gasteiger partial charge >= 0.3 is 5.97 Å². The van der Waals surface area contributed by atoms with Gasteiger partial charge in [0.25, 0.3) is 0 Å². The molecule has 0 aliphatic heterocycles. The lowest BCUT2D eigenvalue weighted by atomic mass is 10.0. The molecule has 1 aromatic rings. The molecule has 0 saturated heterocycles. The first-order chi connectivity index (χ1) is 7.67. The van der Waals surface area contributed by atoms with Gasteiger partial charge in [-0.2, -0.15) is 0 Å². The van der Waals surface area contributed by atoms with E-state index in [1.165, 1.54) is 0 Å². The number of rotatable bonds is 5. The quantitative estimate of drug-likeness (QED) is 0.806. The zero-order valence-corrected chi connectivity index (χ0v) is 10.3. The minimum atomic E-state index is -0.197. The SMILES string of the molecule is CCOC(=O)CC(NC)c1ccc(Cl)cc1. The maximum Gasteiger partial charge on any atom is 0.307 e. The second kappa shape index (κ2) is 6.51. The third kappa shape index (κ3) is 3.83. The van der Waals surface area contributed by atoms with Crippen LogP contribution in [0.4, 0.5) is 0 Å². The zero-order chi connectivity index (χ0) is 12.0. The first kappa shape index (κ1) is 13.0. The lowest BCUT2D eigenvalue weighted by Gasteiger charge is -2.15. The Morgan fingerprint density at radius 1 is 1.44 bits per heavy atom. The molecule has 0 radical (unpaired) electrons. The second-order valence-electron chi connectivity index (χ2n) is 3.40. The molecule has 0 bridgehead atoms. The van der Waals surface area contributed by atoms with Crippen molar-refractivity contribution in [1.82, 2.24) is 5.32 Å². The highest BCUT2D eigenvalue weighted by molar-refractivity contribution is 6.30. The molecule has 0 amide bonds. The van der Waals surface area contributed by atoms with Gasteiger partial charge in [-0.05, 0) is 31.7 Å². The summed E-state index contributed by atoms with van der Waals surface area (Å²) in [6, 6.07) is 7.40. The number of carbonyl (C=O) groups is 1. The molecule has 0 aliphatic rings. The highest BCUT2D eigenvalue weighted by Crippen LogP contribution is 2.19. The molecule has 88 valence electrons. The van der Waals surface area contributed by atoms with Gasteiger partial charge in [0.1, 0.15) is 0 Å². The van der Waals surface area contributed by atoms with E-state index >= 15 is 0 Å². The molecule has 1 N–H and O–H groups in total. The summed E-state index contributed by atoms with van der Waals surface area (Å²) in [7, 11) is 1.82. The van der Waals surface area contributed by atoms with Gasteiger partial charge in [-0.3, -0.25) is 4.79 Å². The minimum absolute atomic E-state index is 0.0312. The molecule has 0 aromatic heterocycles. The van der Waals surface area contributed by atoms with Crippen molar-refractivity contribution in [2.24, 2.45) is 0 Å².